The van der Waals surface area contributed by atoms with Crippen LogP contribution in [0.5, 0.6) is 0 Å². The monoisotopic (exact) mass is 458 g/mol. The van der Waals surface area contributed by atoms with Crippen LogP contribution in [0.4, 0.5) is 5.69 Å². The second-order valence-corrected chi connectivity index (χ2v) is 10.9. The number of sulfonamides is 2. The third kappa shape index (κ3) is 5.10. The fraction of sp³-hybridized carbons (Fsp3) is 0.368. The van der Waals surface area contributed by atoms with Gasteiger partial charge in [-0.05, 0) is 43.2 Å². The summed E-state index contributed by atoms with van der Waals surface area (Å²) in [7, 11) is -5.67. The lowest BCUT2D eigenvalue weighted by Gasteiger charge is -2.28. The predicted molar refractivity (Wildman–Crippen MR) is 113 cm³/mol. The lowest BCUT2D eigenvalue weighted by atomic mass is 10.1. The minimum Gasteiger partial charge on any atom is -0.375 e. The summed E-state index contributed by atoms with van der Waals surface area (Å²) in [6, 6.07) is 12.9. The molecule has 0 aliphatic carbocycles. The Balaban J connectivity index is 1.73. The zero-order chi connectivity index (χ0) is 21.1. The van der Waals surface area contributed by atoms with Crippen molar-refractivity contribution in [2.75, 3.05) is 30.3 Å². The van der Waals surface area contributed by atoms with Gasteiger partial charge >= 0.3 is 0 Å². The molecule has 1 aliphatic heterocycles. The van der Waals surface area contributed by atoms with Crippen molar-refractivity contribution in [3.05, 3.63) is 59.1 Å². The number of ether oxygens (including phenoxy) is 1. The zero-order valence-electron chi connectivity index (χ0n) is 15.9. The molecule has 0 spiro atoms. The quantitative estimate of drug-likeness (QED) is 0.688. The summed E-state index contributed by atoms with van der Waals surface area (Å²) in [5.41, 5.74) is 1.15. The Morgan fingerprint density at radius 2 is 1.83 bits per heavy atom. The van der Waals surface area contributed by atoms with Crippen molar-refractivity contribution < 1.29 is 21.6 Å². The molecule has 0 aromatic heterocycles. The maximum atomic E-state index is 12.7. The number of halogens is 1. The number of nitrogens with one attached hydrogen (secondary N) is 1. The van der Waals surface area contributed by atoms with Gasteiger partial charge in [-0.2, -0.15) is 0 Å². The van der Waals surface area contributed by atoms with E-state index in [-0.39, 0.29) is 17.2 Å². The molecule has 0 radical (unpaired) electrons. The third-order valence-corrected chi connectivity index (χ3v) is 8.43. The largest absolute Gasteiger partial charge is 0.375 e. The van der Waals surface area contributed by atoms with Crippen LogP contribution in [0.25, 0.3) is 0 Å². The molecule has 1 fully saturated rings. The summed E-state index contributed by atoms with van der Waals surface area (Å²) in [4.78, 5) is 0.0460. The van der Waals surface area contributed by atoms with Crippen LogP contribution in [0.2, 0.25) is 5.02 Å². The number of hydrogen-bond donors (Lipinski definition) is 1. The molecule has 0 amide bonds. The van der Waals surface area contributed by atoms with Crippen molar-refractivity contribution in [2.24, 2.45) is 0 Å². The highest BCUT2D eigenvalue weighted by Gasteiger charge is 2.26. The first-order valence-corrected chi connectivity index (χ1v) is 12.6. The van der Waals surface area contributed by atoms with E-state index in [9.17, 15) is 16.8 Å². The Morgan fingerprint density at radius 3 is 2.45 bits per heavy atom. The topological polar surface area (TPSA) is 92.8 Å². The van der Waals surface area contributed by atoms with Crippen molar-refractivity contribution in [3.63, 3.8) is 0 Å². The van der Waals surface area contributed by atoms with E-state index >= 15 is 0 Å². The van der Waals surface area contributed by atoms with Gasteiger partial charge in [0.15, 0.2) is 0 Å². The number of nitrogens with zero attached hydrogens (tertiary/aromatic N) is 1. The molecule has 158 valence electrons. The molecule has 7 nitrogen and oxygen atoms in total. The zero-order valence-corrected chi connectivity index (χ0v) is 18.3. The standard InChI is InChI=1S/C19H23ClN2O5S2/c1-27-19(17-6-2-3-7-18(17)20)14-21-29(25,26)16-10-8-15(9-11-16)22-12-4-5-13-28(22,23)24/h2-3,6-11,19,21H,4-5,12-14H2,1H3. The van der Waals surface area contributed by atoms with Gasteiger partial charge in [0.25, 0.3) is 0 Å². The molecule has 0 saturated carbocycles. The summed E-state index contributed by atoms with van der Waals surface area (Å²) >= 11 is 6.17. The summed E-state index contributed by atoms with van der Waals surface area (Å²) in [6.45, 7) is 0.408. The van der Waals surface area contributed by atoms with Crippen molar-refractivity contribution in [3.8, 4) is 0 Å². The molecule has 29 heavy (non-hydrogen) atoms. The summed E-state index contributed by atoms with van der Waals surface area (Å²) in [6.07, 6.45) is 0.874. The van der Waals surface area contributed by atoms with Gasteiger partial charge in [0.05, 0.1) is 22.4 Å². The maximum Gasteiger partial charge on any atom is 0.240 e. The Bertz CT molecular complexity index is 1060. The first kappa shape index (κ1) is 22.0. The molecule has 1 unspecified atom stereocenters. The van der Waals surface area contributed by atoms with E-state index in [1.54, 1.807) is 24.3 Å². The van der Waals surface area contributed by atoms with Crippen molar-refractivity contribution in [2.45, 2.75) is 23.8 Å². The van der Waals surface area contributed by atoms with E-state index in [0.717, 1.165) is 6.42 Å². The molecule has 0 bridgehead atoms. The highest BCUT2D eigenvalue weighted by Crippen LogP contribution is 2.26. The van der Waals surface area contributed by atoms with Crippen LogP contribution < -0.4 is 9.03 Å². The van der Waals surface area contributed by atoms with Crippen molar-refractivity contribution >= 4 is 37.3 Å². The fourth-order valence-electron chi connectivity index (χ4n) is 3.20. The number of anilines is 1. The number of benzene rings is 2. The summed E-state index contributed by atoms with van der Waals surface area (Å²) in [5, 5.41) is 0.491. The summed E-state index contributed by atoms with van der Waals surface area (Å²) in [5.74, 6) is 0.106. The Kier molecular flexibility index (Phi) is 6.85. The highest BCUT2D eigenvalue weighted by molar-refractivity contribution is 7.92. The van der Waals surface area contributed by atoms with E-state index in [0.29, 0.717) is 29.2 Å². The van der Waals surface area contributed by atoms with E-state index in [1.807, 2.05) is 0 Å². The molecule has 2 aromatic rings. The fourth-order valence-corrected chi connectivity index (χ4v) is 6.12. The van der Waals surface area contributed by atoms with E-state index in [2.05, 4.69) is 4.72 Å². The van der Waals surface area contributed by atoms with Gasteiger partial charge in [-0.3, -0.25) is 4.31 Å². The molecular formula is C19H23ClN2O5S2. The molecule has 1 aliphatic rings. The van der Waals surface area contributed by atoms with Crippen LogP contribution in [0.15, 0.2) is 53.4 Å². The molecule has 1 saturated heterocycles. The highest BCUT2D eigenvalue weighted by atomic mass is 35.5. The molecular weight excluding hydrogens is 436 g/mol. The van der Waals surface area contributed by atoms with Crippen LogP contribution in [0.3, 0.4) is 0 Å². The van der Waals surface area contributed by atoms with Gasteiger partial charge in [0, 0.05) is 30.8 Å². The molecule has 10 heteroatoms. The Morgan fingerprint density at radius 1 is 1.14 bits per heavy atom. The first-order chi connectivity index (χ1) is 13.7. The SMILES string of the molecule is COC(CNS(=O)(=O)c1ccc(N2CCCCS2(=O)=O)cc1)c1ccccc1Cl. The Hall–Kier alpha value is -1.65. The molecule has 3 rings (SSSR count). The van der Waals surface area contributed by atoms with Crippen LogP contribution in [0, 0.1) is 0 Å². The second kappa shape index (κ2) is 9.01. The third-order valence-electron chi connectivity index (χ3n) is 4.78. The van der Waals surface area contributed by atoms with Gasteiger partial charge in [0.1, 0.15) is 0 Å². The minimum atomic E-state index is -3.80. The van der Waals surface area contributed by atoms with Gasteiger partial charge in [-0.1, -0.05) is 29.8 Å². The van der Waals surface area contributed by atoms with E-state index in [4.69, 9.17) is 16.3 Å². The van der Waals surface area contributed by atoms with E-state index < -0.39 is 26.2 Å². The lowest BCUT2D eigenvalue weighted by Crippen LogP contribution is -2.37. The molecule has 1 N–H and O–H groups in total. The van der Waals surface area contributed by atoms with E-state index in [1.165, 1.54) is 35.7 Å². The van der Waals surface area contributed by atoms with Gasteiger partial charge in [-0.25, -0.2) is 21.6 Å². The van der Waals surface area contributed by atoms with Crippen LogP contribution in [-0.4, -0.2) is 42.8 Å². The van der Waals surface area contributed by atoms with Gasteiger partial charge in [-0.15, -0.1) is 0 Å². The smallest absolute Gasteiger partial charge is 0.240 e. The van der Waals surface area contributed by atoms with Crippen molar-refractivity contribution in [1.82, 2.24) is 4.72 Å². The predicted octanol–water partition coefficient (Wildman–Crippen LogP) is 2.94. The van der Waals surface area contributed by atoms with Crippen LogP contribution in [0.1, 0.15) is 24.5 Å². The van der Waals surface area contributed by atoms with Crippen molar-refractivity contribution in [1.29, 1.82) is 0 Å². The minimum absolute atomic E-state index is 0.00478. The number of methoxy groups -OCH3 is 1. The van der Waals surface area contributed by atoms with Crippen LogP contribution in [-0.2, 0) is 24.8 Å². The summed E-state index contributed by atoms with van der Waals surface area (Å²) < 4.78 is 59.0. The average molecular weight is 459 g/mol. The van der Waals surface area contributed by atoms with Gasteiger partial charge < -0.3 is 4.74 Å². The lowest BCUT2D eigenvalue weighted by molar-refractivity contribution is 0.107. The average Bonchev–Trinajstić information content (AvgIpc) is 2.69. The molecule has 1 heterocycles. The molecule has 2 aromatic carbocycles. The normalized spacial score (nSPS) is 17.8. The molecule has 1 atom stereocenters. The van der Waals surface area contributed by atoms with Gasteiger partial charge in [0.2, 0.25) is 20.0 Å². The first-order valence-electron chi connectivity index (χ1n) is 9.12. The second-order valence-electron chi connectivity index (χ2n) is 6.69. The number of rotatable bonds is 7. The van der Waals surface area contributed by atoms with Crippen LogP contribution >= 0.6 is 11.6 Å². The maximum absolute atomic E-state index is 12.7. The number of hydrogen-bond acceptors (Lipinski definition) is 5. The Labute approximate surface area is 176 Å².